The van der Waals surface area contributed by atoms with Crippen LogP contribution in [0.15, 0.2) is 76.6 Å². The van der Waals surface area contributed by atoms with Crippen molar-refractivity contribution in [2.24, 2.45) is 10.7 Å². The molecule has 0 aliphatic rings. The Morgan fingerprint density at radius 1 is 1.09 bits per heavy atom. The fourth-order valence-electron chi connectivity index (χ4n) is 2.75. The zero-order chi connectivity index (χ0) is 24.1. The molecule has 0 bridgehead atoms. The summed E-state index contributed by atoms with van der Waals surface area (Å²) in [7, 11) is 3.18. The molecule has 0 amide bonds. The zero-order valence-corrected chi connectivity index (χ0v) is 19.2. The van der Waals surface area contributed by atoms with Gasteiger partial charge in [0.05, 0.1) is 31.5 Å². The SMILES string of the molecule is C=Nc1cc(OC)c(OC)cc1SCN.N#Cc1ccc(C(C=O)Oc2ccccc2)cc1. The van der Waals surface area contributed by atoms with Gasteiger partial charge in [-0.1, -0.05) is 30.3 Å². The quantitative estimate of drug-likeness (QED) is 0.208. The van der Waals surface area contributed by atoms with Gasteiger partial charge < -0.3 is 19.9 Å². The first kappa shape index (κ1) is 25.5. The van der Waals surface area contributed by atoms with Crippen molar-refractivity contribution in [1.82, 2.24) is 0 Å². The molecule has 7 nitrogen and oxygen atoms in total. The number of methoxy groups -OCH3 is 2. The smallest absolute Gasteiger partial charge is 0.179 e. The molecule has 1 unspecified atom stereocenters. The number of thioether (sulfide) groups is 1. The monoisotopic (exact) mass is 463 g/mol. The van der Waals surface area contributed by atoms with Crippen LogP contribution in [0.5, 0.6) is 17.2 Å². The summed E-state index contributed by atoms with van der Waals surface area (Å²) in [4.78, 5) is 15.9. The van der Waals surface area contributed by atoms with Crippen LogP contribution in [0.4, 0.5) is 5.69 Å². The Kier molecular flexibility index (Phi) is 10.5. The van der Waals surface area contributed by atoms with E-state index in [0.717, 1.165) is 22.4 Å². The van der Waals surface area contributed by atoms with Gasteiger partial charge in [0.1, 0.15) is 5.75 Å². The number of aliphatic imine (C=N–C) groups is 1. The number of aldehydes is 1. The van der Waals surface area contributed by atoms with Crippen LogP contribution in [-0.2, 0) is 4.79 Å². The molecule has 0 aliphatic carbocycles. The average molecular weight is 464 g/mol. The second kappa shape index (κ2) is 13.6. The van der Waals surface area contributed by atoms with Gasteiger partial charge >= 0.3 is 0 Å². The number of carbonyl (C=O) groups excluding carboxylic acids is 1. The fraction of sp³-hybridized carbons (Fsp3) is 0.160. The predicted molar refractivity (Wildman–Crippen MR) is 131 cm³/mol. The van der Waals surface area contributed by atoms with E-state index in [2.05, 4.69) is 11.7 Å². The minimum atomic E-state index is -0.653. The summed E-state index contributed by atoms with van der Waals surface area (Å²) in [5.41, 5.74) is 7.52. The standard InChI is InChI=1S/C15H11NO2.C10H14N2O2S/c16-10-12-6-8-13(9-7-12)15(11-17)18-14-4-2-1-3-5-14;1-12-7-4-8(13-2)9(14-3)5-10(7)15-6-11/h1-9,11,15H;4-5H,1,6,11H2,2-3H3. The van der Waals surface area contributed by atoms with Crippen LogP contribution < -0.4 is 19.9 Å². The summed E-state index contributed by atoms with van der Waals surface area (Å²) in [6.07, 6.45) is 0.0918. The Morgan fingerprint density at radius 2 is 1.73 bits per heavy atom. The summed E-state index contributed by atoms with van der Waals surface area (Å²) in [5, 5.41) is 8.71. The average Bonchev–Trinajstić information content (AvgIpc) is 2.88. The topological polar surface area (TPSA) is 107 Å². The van der Waals surface area contributed by atoms with Crippen LogP contribution in [0.1, 0.15) is 17.2 Å². The van der Waals surface area contributed by atoms with Crippen LogP contribution in [0.2, 0.25) is 0 Å². The van der Waals surface area contributed by atoms with Crippen LogP contribution in [0, 0.1) is 11.3 Å². The van der Waals surface area contributed by atoms with E-state index in [4.69, 9.17) is 25.2 Å². The number of carbonyl (C=O) groups is 1. The second-order valence-corrected chi connectivity index (χ2v) is 7.43. The lowest BCUT2D eigenvalue weighted by atomic mass is 10.1. The maximum atomic E-state index is 11.1. The molecule has 0 fully saturated rings. The molecule has 0 saturated heterocycles. The summed E-state index contributed by atoms with van der Waals surface area (Å²) in [6.45, 7) is 3.50. The number of ether oxygens (including phenoxy) is 3. The highest BCUT2D eigenvalue weighted by Gasteiger charge is 2.12. The molecule has 170 valence electrons. The maximum Gasteiger partial charge on any atom is 0.179 e. The van der Waals surface area contributed by atoms with Gasteiger partial charge in [0, 0.05) is 16.8 Å². The van der Waals surface area contributed by atoms with E-state index in [-0.39, 0.29) is 0 Å². The third-order valence-electron chi connectivity index (χ3n) is 4.37. The number of nitrogens with two attached hydrogens (primary N) is 1. The van der Waals surface area contributed by atoms with Gasteiger partial charge in [-0.3, -0.25) is 9.79 Å². The molecule has 33 heavy (non-hydrogen) atoms. The molecule has 3 aromatic carbocycles. The van der Waals surface area contributed by atoms with E-state index in [0.29, 0.717) is 28.7 Å². The molecule has 1 atom stereocenters. The summed E-state index contributed by atoms with van der Waals surface area (Å²) >= 11 is 1.48. The highest BCUT2D eigenvalue weighted by atomic mass is 32.2. The van der Waals surface area contributed by atoms with Crippen molar-refractivity contribution in [1.29, 1.82) is 5.26 Å². The third-order valence-corrected chi connectivity index (χ3v) is 5.18. The van der Waals surface area contributed by atoms with Crippen LogP contribution in [-0.4, -0.2) is 33.1 Å². The number of para-hydroxylation sites is 1. The molecule has 3 rings (SSSR count). The van der Waals surface area contributed by atoms with Crippen LogP contribution in [0.3, 0.4) is 0 Å². The lowest BCUT2D eigenvalue weighted by Gasteiger charge is -2.13. The number of nitriles is 1. The van der Waals surface area contributed by atoms with Gasteiger partial charge in [-0.15, -0.1) is 11.8 Å². The molecule has 2 N–H and O–H groups in total. The van der Waals surface area contributed by atoms with Crippen molar-refractivity contribution >= 4 is 30.5 Å². The van der Waals surface area contributed by atoms with Gasteiger partial charge in [0.15, 0.2) is 23.9 Å². The van der Waals surface area contributed by atoms with Crippen molar-refractivity contribution in [2.45, 2.75) is 11.0 Å². The number of hydrogen-bond acceptors (Lipinski definition) is 8. The third kappa shape index (κ3) is 7.38. The highest BCUT2D eigenvalue weighted by molar-refractivity contribution is 7.99. The van der Waals surface area contributed by atoms with E-state index in [9.17, 15) is 4.79 Å². The molecule has 0 saturated carbocycles. The number of hydrogen-bond donors (Lipinski definition) is 1. The molecule has 8 heteroatoms. The van der Waals surface area contributed by atoms with E-state index < -0.39 is 6.10 Å². The van der Waals surface area contributed by atoms with Gasteiger partial charge in [0.2, 0.25) is 0 Å². The molecule has 0 aromatic heterocycles. The molecule has 0 spiro atoms. The van der Waals surface area contributed by atoms with E-state index >= 15 is 0 Å². The van der Waals surface area contributed by atoms with E-state index in [1.54, 1.807) is 56.7 Å². The molecule has 0 aliphatic heterocycles. The van der Waals surface area contributed by atoms with Gasteiger partial charge in [-0.05, 0) is 42.6 Å². The number of benzene rings is 3. The van der Waals surface area contributed by atoms with Gasteiger partial charge in [-0.25, -0.2) is 0 Å². The molecule has 0 radical (unpaired) electrons. The molecular weight excluding hydrogens is 438 g/mol. The summed E-state index contributed by atoms with van der Waals surface area (Å²) in [5.74, 6) is 2.43. The van der Waals surface area contributed by atoms with Crippen molar-refractivity contribution in [3.05, 3.63) is 77.9 Å². The minimum Gasteiger partial charge on any atom is -0.493 e. The molecular formula is C25H25N3O4S. The first-order chi connectivity index (χ1) is 16.1. The van der Waals surface area contributed by atoms with Crippen LogP contribution >= 0.6 is 11.8 Å². The van der Waals surface area contributed by atoms with E-state index in [1.807, 2.05) is 30.3 Å². The Balaban J connectivity index is 0.000000238. The first-order valence-electron chi connectivity index (χ1n) is 9.82. The fourth-order valence-corrected chi connectivity index (χ4v) is 3.39. The Labute approximate surface area is 197 Å². The lowest BCUT2D eigenvalue weighted by molar-refractivity contribution is -0.113. The first-order valence-corrected chi connectivity index (χ1v) is 10.8. The number of rotatable bonds is 9. The zero-order valence-electron chi connectivity index (χ0n) is 18.4. The Bertz CT molecular complexity index is 1080. The normalized spacial score (nSPS) is 10.6. The van der Waals surface area contributed by atoms with Gasteiger partial charge in [-0.2, -0.15) is 5.26 Å². The Hall–Kier alpha value is -3.80. The number of nitrogens with zero attached hydrogens (tertiary/aromatic N) is 2. The summed E-state index contributed by atoms with van der Waals surface area (Å²) < 4.78 is 15.9. The maximum absolute atomic E-state index is 11.1. The van der Waals surface area contributed by atoms with Crippen molar-refractivity contribution < 1.29 is 19.0 Å². The Morgan fingerprint density at radius 3 is 2.24 bits per heavy atom. The molecule has 0 heterocycles. The van der Waals surface area contributed by atoms with Gasteiger partial charge in [0.25, 0.3) is 0 Å². The van der Waals surface area contributed by atoms with Crippen molar-refractivity contribution in [3.63, 3.8) is 0 Å². The van der Waals surface area contributed by atoms with E-state index in [1.165, 1.54) is 11.8 Å². The minimum absolute atomic E-state index is 0.484. The highest BCUT2D eigenvalue weighted by Crippen LogP contribution is 2.39. The van der Waals surface area contributed by atoms with Crippen LogP contribution in [0.25, 0.3) is 0 Å². The van der Waals surface area contributed by atoms with Crippen molar-refractivity contribution in [2.75, 3.05) is 20.1 Å². The molecule has 3 aromatic rings. The largest absolute Gasteiger partial charge is 0.493 e. The van der Waals surface area contributed by atoms with Crippen molar-refractivity contribution in [3.8, 4) is 23.3 Å². The predicted octanol–water partition coefficient (Wildman–Crippen LogP) is 4.92. The lowest BCUT2D eigenvalue weighted by Crippen LogP contribution is -2.08. The summed E-state index contributed by atoms with van der Waals surface area (Å²) in [6, 6.07) is 21.6. The second-order valence-electron chi connectivity index (χ2n) is 6.37.